The quantitative estimate of drug-likeness (QED) is 0.643. The highest BCUT2D eigenvalue weighted by Gasteiger charge is 2.33. The molecule has 1 saturated carbocycles. The van der Waals surface area contributed by atoms with Crippen molar-refractivity contribution in [1.82, 2.24) is 15.0 Å². The van der Waals surface area contributed by atoms with Gasteiger partial charge in [-0.05, 0) is 39.2 Å². The second kappa shape index (κ2) is 6.38. The van der Waals surface area contributed by atoms with Crippen LogP contribution in [0.2, 0.25) is 0 Å². The number of hydrogen-bond acceptors (Lipinski definition) is 6. The van der Waals surface area contributed by atoms with E-state index in [9.17, 15) is 0 Å². The first kappa shape index (κ1) is 17.3. The van der Waals surface area contributed by atoms with Gasteiger partial charge in [0.1, 0.15) is 17.0 Å². The Morgan fingerprint density at radius 1 is 1.15 bits per heavy atom. The van der Waals surface area contributed by atoms with E-state index >= 15 is 0 Å². The Morgan fingerprint density at radius 2 is 1.96 bits per heavy atom. The number of nitrogens with one attached hydrogen (secondary N) is 1. The fourth-order valence-corrected chi connectivity index (χ4v) is 5.83. The standard InChI is InChI=1S/C21H26N4OS/c1-12-15-10-22-17-16-19(25-13-7-5-4-6-8-13)23-11-24-20(16)27-18(17)14(15)9-21(2,3)26-12/h10-13H,4-9H2,1-3H3,(H,23,24,25). The van der Waals surface area contributed by atoms with E-state index in [1.807, 2.05) is 6.20 Å². The molecule has 0 bridgehead atoms. The zero-order valence-corrected chi connectivity index (χ0v) is 17.0. The Kier molecular flexibility index (Phi) is 4.09. The lowest BCUT2D eigenvalue weighted by molar-refractivity contribution is -0.0761. The lowest BCUT2D eigenvalue weighted by Gasteiger charge is -2.36. The van der Waals surface area contributed by atoms with E-state index < -0.39 is 0 Å². The Bertz CT molecular complexity index is 1010. The van der Waals surface area contributed by atoms with E-state index in [1.54, 1.807) is 17.7 Å². The molecule has 4 heterocycles. The van der Waals surface area contributed by atoms with Crippen LogP contribution in [-0.4, -0.2) is 26.6 Å². The summed E-state index contributed by atoms with van der Waals surface area (Å²) in [5, 5.41) is 4.78. The highest BCUT2D eigenvalue weighted by atomic mass is 32.1. The third-order valence-corrected chi connectivity index (χ3v) is 7.05. The van der Waals surface area contributed by atoms with Crippen molar-refractivity contribution in [3.05, 3.63) is 23.7 Å². The Hall–Kier alpha value is -1.79. The summed E-state index contributed by atoms with van der Waals surface area (Å²) in [5.41, 5.74) is 3.46. The maximum Gasteiger partial charge on any atom is 0.140 e. The summed E-state index contributed by atoms with van der Waals surface area (Å²) in [5.74, 6) is 0.949. The summed E-state index contributed by atoms with van der Waals surface area (Å²) in [6, 6.07) is 0.511. The molecule has 0 spiro atoms. The molecule has 1 fully saturated rings. The molecule has 5 nitrogen and oxygen atoms in total. The van der Waals surface area contributed by atoms with Crippen LogP contribution in [0, 0.1) is 0 Å². The molecular formula is C21H26N4OS. The Balaban J connectivity index is 1.66. The first-order valence-electron chi connectivity index (χ1n) is 10.0. The van der Waals surface area contributed by atoms with Gasteiger partial charge in [-0.3, -0.25) is 4.98 Å². The van der Waals surface area contributed by atoms with E-state index in [0.717, 1.165) is 28.0 Å². The van der Waals surface area contributed by atoms with E-state index in [4.69, 9.17) is 9.72 Å². The van der Waals surface area contributed by atoms with Crippen molar-refractivity contribution in [3.8, 4) is 0 Å². The molecule has 6 heteroatoms. The lowest BCUT2D eigenvalue weighted by Crippen LogP contribution is -2.33. The van der Waals surface area contributed by atoms with Gasteiger partial charge in [-0.15, -0.1) is 11.3 Å². The summed E-state index contributed by atoms with van der Waals surface area (Å²) >= 11 is 1.75. The molecule has 0 aromatic carbocycles. The molecule has 1 unspecified atom stereocenters. The van der Waals surface area contributed by atoms with Gasteiger partial charge in [0, 0.05) is 24.2 Å². The number of rotatable bonds is 2. The Labute approximate surface area is 163 Å². The molecule has 2 aliphatic rings. The minimum absolute atomic E-state index is 0.0665. The monoisotopic (exact) mass is 382 g/mol. The number of thiophene rings is 1. The van der Waals surface area contributed by atoms with Crippen molar-refractivity contribution >= 4 is 37.6 Å². The number of ether oxygens (including phenoxy) is 1. The third kappa shape index (κ3) is 2.99. The fraction of sp³-hybridized carbons (Fsp3) is 0.571. The predicted molar refractivity (Wildman–Crippen MR) is 110 cm³/mol. The van der Waals surface area contributed by atoms with Gasteiger partial charge in [0.2, 0.25) is 0 Å². The number of fused-ring (bicyclic) bond motifs is 5. The number of nitrogens with zero attached hydrogens (tertiary/aromatic N) is 3. The van der Waals surface area contributed by atoms with E-state index in [0.29, 0.717) is 6.04 Å². The van der Waals surface area contributed by atoms with Gasteiger partial charge in [0.15, 0.2) is 0 Å². The number of anilines is 1. The van der Waals surface area contributed by atoms with Crippen LogP contribution in [0.5, 0.6) is 0 Å². The molecule has 142 valence electrons. The Morgan fingerprint density at radius 3 is 2.78 bits per heavy atom. The van der Waals surface area contributed by atoms with E-state index in [2.05, 4.69) is 36.1 Å². The van der Waals surface area contributed by atoms with Gasteiger partial charge in [0.05, 0.1) is 27.3 Å². The molecule has 0 saturated heterocycles. The van der Waals surface area contributed by atoms with Crippen LogP contribution in [0.4, 0.5) is 5.82 Å². The van der Waals surface area contributed by atoms with E-state index in [-0.39, 0.29) is 11.7 Å². The third-order valence-electron chi connectivity index (χ3n) is 5.90. The molecule has 1 aliphatic heterocycles. The van der Waals surface area contributed by atoms with Crippen LogP contribution in [0.15, 0.2) is 12.5 Å². The number of pyridine rings is 1. The van der Waals surface area contributed by atoms with Crippen LogP contribution in [-0.2, 0) is 11.2 Å². The molecule has 1 N–H and O–H groups in total. The van der Waals surface area contributed by atoms with Crippen molar-refractivity contribution in [2.75, 3.05) is 5.32 Å². The van der Waals surface area contributed by atoms with Crippen molar-refractivity contribution in [1.29, 1.82) is 0 Å². The summed E-state index contributed by atoms with van der Waals surface area (Å²) in [4.78, 5) is 15.0. The topological polar surface area (TPSA) is 59.9 Å². The van der Waals surface area contributed by atoms with Crippen LogP contribution in [0.3, 0.4) is 0 Å². The van der Waals surface area contributed by atoms with Crippen LogP contribution in [0.1, 0.15) is 70.1 Å². The van der Waals surface area contributed by atoms with Gasteiger partial charge in [0.25, 0.3) is 0 Å². The van der Waals surface area contributed by atoms with Gasteiger partial charge in [-0.1, -0.05) is 19.3 Å². The van der Waals surface area contributed by atoms with Crippen LogP contribution in [0.25, 0.3) is 20.4 Å². The number of hydrogen-bond donors (Lipinski definition) is 1. The minimum Gasteiger partial charge on any atom is -0.368 e. The zero-order valence-electron chi connectivity index (χ0n) is 16.2. The highest BCUT2D eigenvalue weighted by molar-refractivity contribution is 7.25. The van der Waals surface area contributed by atoms with Gasteiger partial charge in [-0.2, -0.15) is 0 Å². The van der Waals surface area contributed by atoms with Gasteiger partial charge in [-0.25, -0.2) is 9.97 Å². The van der Waals surface area contributed by atoms with Crippen LogP contribution < -0.4 is 5.32 Å². The van der Waals surface area contributed by atoms with Crippen molar-refractivity contribution in [3.63, 3.8) is 0 Å². The minimum atomic E-state index is -0.161. The maximum absolute atomic E-state index is 6.17. The van der Waals surface area contributed by atoms with E-state index in [1.165, 1.54) is 47.9 Å². The molecule has 1 aliphatic carbocycles. The van der Waals surface area contributed by atoms with Crippen LogP contribution >= 0.6 is 11.3 Å². The summed E-state index contributed by atoms with van der Waals surface area (Å²) in [6.07, 6.45) is 11.0. The van der Waals surface area contributed by atoms with Crippen molar-refractivity contribution in [2.24, 2.45) is 0 Å². The molecule has 0 amide bonds. The maximum atomic E-state index is 6.17. The highest BCUT2D eigenvalue weighted by Crippen LogP contribution is 2.44. The second-order valence-electron chi connectivity index (χ2n) is 8.55. The second-order valence-corrected chi connectivity index (χ2v) is 9.55. The molecular weight excluding hydrogens is 356 g/mol. The molecule has 1 atom stereocenters. The molecule has 27 heavy (non-hydrogen) atoms. The van der Waals surface area contributed by atoms with Crippen molar-refractivity contribution < 1.29 is 4.74 Å². The molecule has 3 aromatic heterocycles. The fourth-order valence-electron chi connectivity index (χ4n) is 4.68. The summed E-state index contributed by atoms with van der Waals surface area (Å²) < 4.78 is 7.42. The molecule has 0 radical (unpaired) electrons. The molecule has 3 aromatic rings. The first-order chi connectivity index (χ1) is 13.0. The lowest BCUT2D eigenvalue weighted by atomic mass is 9.89. The zero-order chi connectivity index (χ0) is 18.6. The SMILES string of the molecule is CC1OC(C)(C)Cc2c1cnc1c2sc2ncnc(NC3CCCCC3)c21. The van der Waals surface area contributed by atoms with Crippen molar-refractivity contribution in [2.45, 2.75) is 77.0 Å². The smallest absolute Gasteiger partial charge is 0.140 e. The van der Waals surface area contributed by atoms with Gasteiger partial charge >= 0.3 is 0 Å². The average molecular weight is 383 g/mol. The number of aromatic nitrogens is 3. The largest absolute Gasteiger partial charge is 0.368 e. The summed E-state index contributed by atoms with van der Waals surface area (Å²) in [7, 11) is 0. The first-order valence-corrected chi connectivity index (χ1v) is 10.8. The predicted octanol–water partition coefficient (Wildman–Crippen LogP) is 5.40. The van der Waals surface area contributed by atoms with Gasteiger partial charge < -0.3 is 10.1 Å². The molecule has 5 rings (SSSR count). The normalized spacial score (nSPS) is 22.9. The average Bonchev–Trinajstić information content (AvgIpc) is 3.02. The summed E-state index contributed by atoms with van der Waals surface area (Å²) in [6.45, 7) is 6.46.